The van der Waals surface area contributed by atoms with Gasteiger partial charge in [0.25, 0.3) is 0 Å². The highest BCUT2D eigenvalue weighted by molar-refractivity contribution is 5.71. The molecule has 0 aromatic rings. The van der Waals surface area contributed by atoms with Crippen LogP contribution in [-0.2, 0) is 28.6 Å². The van der Waals surface area contributed by atoms with E-state index in [-0.39, 0.29) is 31.1 Å². The summed E-state index contributed by atoms with van der Waals surface area (Å²) in [6, 6.07) is 0. The molecule has 6 heteroatoms. The maximum atomic E-state index is 12.6. The monoisotopic (exact) mass is 737 g/mol. The molecule has 0 aliphatic carbocycles. The number of hydrogen-bond acceptors (Lipinski definition) is 6. The zero-order valence-corrected chi connectivity index (χ0v) is 35.1. The summed E-state index contributed by atoms with van der Waals surface area (Å²) in [4.78, 5) is 37.4. The maximum absolute atomic E-state index is 12.6. The number of unbranched alkanes of at least 4 members (excludes halogenated alkanes) is 31. The van der Waals surface area contributed by atoms with E-state index in [1.807, 2.05) is 0 Å². The average molecular weight is 737 g/mol. The lowest BCUT2D eigenvalue weighted by Crippen LogP contribution is -2.30. The van der Waals surface area contributed by atoms with Gasteiger partial charge in [-0.25, -0.2) is 0 Å². The van der Waals surface area contributed by atoms with Gasteiger partial charge < -0.3 is 14.2 Å². The van der Waals surface area contributed by atoms with Gasteiger partial charge >= 0.3 is 17.9 Å². The molecule has 0 aliphatic heterocycles. The fourth-order valence-corrected chi connectivity index (χ4v) is 6.85. The van der Waals surface area contributed by atoms with Gasteiger partial charge in [0, 0.05) is 19.3 Å². The Kier molecular flexibility index (Phi) is 40.9. The zero-order valence-electron chi connectivity index (χ0n) is 35.1. The summed E-state index contributed by atoms with van der Waals surface area (Å²) < 4.78 is 16.6. The molecule has 0 amide bonds. The quantitative estimate of drug-likeness (QED) is 0.0353. The first-order valence-corrected chi connectivity index (χ1v) is 23.0. The molecule has 0 saturated heterocycles. The minimum Gasteiger partial charge on any atom is -0.462 e. The fraction of sp³-hybridized carbons (Fsp3) is 0.935. The molecule has 308 valence electrons. The first-order chi connectivity index (χ1) is 25.5. The molecule has 1 atom stereocenters. The van der Waals surface area contributed by atoms with Gasteiger partial charge in [0.15, 0.2) is 6.10 Å². The van der Waals surface area contributed by atoms with Crippen molar-refractivity contribution in [1.29, 1.82) is 0 Å². The lowest BCUT2D eigenvalue weighted by molar-refractivity contribution is -0.167. The molecular weight excluding hydrogens is 649 g/mol. The van der Waals surface area contributed by atoms with Gasteiger partial charge in [0.2, 0.25) is 0 Å². The molecule has 0 heterocycles. The second-order valence-corrected chi connectivity index (χ2v) is 15.7. The second-order valence-electron chi connectivity index (χ2n) is 15.7. The Morgan fingerprint density at radius 1 is 0.308 bits per heavy atom. The van der Waals surface area contributed by atoms with Crippen molar-refractivity contribution in [1.82, 2.24) is 0 Å². The molecule has 0 radical (unpaired) electrons. The molecule has 0 fully saturated rings. The maximum Gasteiger partial charge on any atom is 0.306 e. The van der Waals surface area contributed by atoms with Crippen LogP contribution in [0.2, 0.25) is 0 Å². The number of esters is 3. The van der Waals surface area contributed by atoms with Crippen LogP contribution in [0.4, 0.5) is 0 Å². The number of rotatable bonds is 42. The molecule has 0 N–H and O–H groups in total. The van der Waals surface area contributed by atoms with E-state index in [9.17, 15) is 14.4 Å². The van der Waals surface area contributed by atoms with Gasteiger partial charge in [0.1, 0.15) is 13.2 Å². The van der Waals surface area contributed by atoms with Crippen molar-refractivity contribution in [3.05, 3.63) is 0 Å². The number of carbonyl (C=O) groups is 3. The third-order valence-electron chi connectivity index (χ3n) is 10.4. The summed E-state index contributed by atoms with van der Waals surface area (Å²) in [6.45, 7) is 6.57. The van der Waals surface area contributed by atoms with Crippen LogP contribution < -0.4 is 0 Å². The Morgan fingerprint density at radius 2 is 0.519 bits per heavy atom. The van der Waals surface area contributed by atoms with Crippen LogP contribution in [0.1, 0.15) is 258 Å². The van der Waals surface area contributed by atoms with Gasteiger partial charge in [-0.05, 0) is 19.3 Å². The molecular formula is C46H88O6. The normalized spacial score (nSPS) is 11.8. The first-order valence-electron chi connectivity index (χ1n) is 23.0. The van der Waals surface area contributed by atoms with E-state index in [2.05, 4.69) is 20.8 Å². The van der Waals surface area contributed by atoms with Crippen molar-refractivity contribution in [3.63, 3.8) is 0 Å². The smallest absolute Gasteiger partial charge is 0.306 e. The van der Waals surface area contributed by atoms with Crippen molar-refractivity contribution in [3.8, 4) is 0 Å². The lowest BCUT2D eigenvalue weighted by atomic mass is 10.0. The zero-order chi connectivity index (χ0) is 38.0. The molecule has 0 bridgehead atoms. The van der Waals surface area contributed by atoms with Gasteiger partial charge in [-0.1, -0.05) is 220 Å². The fourth-order valence-electron chi connectivity index (χ4n) is 6.85. The van der Waals surface area contributed by atoms with E-state index in [1.54, 1.807) is 0 Å². The SMILES string of the molecule is CCCCCCCCCCCCCCCCCCCCCCC(=O)OCC(COC(=O)CCCCCCCC)OC(=O)CCCCCCCCCC. The van der Waals surface area contributed by atoms with E-state index < -0.39 is 6.10 Å². The van der Waals surface area contributed by atoms with Gasteiger partial charge in [-0.3, -0.25) is 14.4 Å². The number of carbonyl (C=O) groups excluding carboxylic acids is 3. The second kappa shape index (κ2) is 42.2. The Labute approximate surface area is 323 Å². The highest BCUT2D eigenvalue weighted by atomic mass is 16.6. The third-order valence-corrected chi connectivity index (χ3v) is 10.4. The van der Waals surface area contributed by atoms with Crippen LogP contribution in [0.25, 0.3) is 0 Å². The van der Waals surface area contributed by atoms with Crippen LogP contribution in [0, 0.1) is 0 Å². The number of ether oxygens (including phenoxy) is 3. The van der Waals surface area contributed by atoms with Crippen molar-refractivity contribution in [2.45, 2.75) is 264 Å². The predicted molar refractivity (Wildman–Crippen MR) is 220 cm³/mol. The van der Waals surface area contributed by atoms with E-state index in [0.29, 0.717) is 19.3 Å². The van der Waals surface area contributed by atoms with Crippen molar-refractivity contribution < 1.29 is 28.6 Å². The minimum absolute atomic E-state index is 0.0640. The van der Waals surface area contributed by atoms with Gasteiger partial charge in [0.05, 0.1) is 0 Å². The molecule has 0 saturated carbocycles. The van der Waals surface area contributed by atoms with Crippen LogP contribution in [-0.4, -0.2) is 37.2 Å². The van der Waals surface area contributed by atoms with E-state index in [0.717, 1.165) is 57.8 Å². The summed E-state index contributed by atoms with van der Waals surface area (Å²) in [5.41, 5.74) is 0. The largest absolute Gasteiger partial charge is 0.462 e. The Morgan fingerprint density at radius 3 is 0.769 bits per heavy atom. The number of hydrogen-bond donors (Lipinski definition) is 0. The van der Waals surface area contributed by atoms with Crippen LogP contribution in [0.15, 0.2) is 0 Å². The summed E-state index contributed by atoms with van der Waals surface area (Å²) >= 11 is 0. The van der Waals surface area contributed by atoms with Crippen molar-refractivity contribution in [2.75, 3.05) is 13.2 Å². The highest BCUT2D eigenvalue weighted by Gasteiger charge is 2.19. The summed E-state index contributed by atoms with van der Waals surface area (Å²) in [7, 11) is 0. The third kappa shape index (κ3) is 39.6. The molecule has 0 aromatic heterocycles. The van der Waals surface area contributed by atoms with Gasteiger partial charge in [-0.15, -0.1) is 0 Å². The van der Waals surface area contributed by atoms with Crippen LogP contribution in [0.5, 0.6) is 0 Å². The van der Waals surface area contributed by atoms with E-state index in [1.165, 1.54) is 161 Å². The van der Waals surface area contributed by atoms with Gasteiger partial charge in [-0.2, -0.15) is 0 Å². The lowest BCUT2D eigenvalue weighted by Gasteiger charge is -2.18. The molecule has 1 unspecified atom stereocenters. The van der Waals surface area contributed by atoms with E-state index >= 15 is 0 Å². The molecule has 6 nitrogen and oxygen atoms in total. The first kappa shape index (κ1) is 50.4. The molecule has 0 aliphatic rings. The van der Waals surface area contributed by atoms with Crippen molar-refractivity contribution >= 4 is 17.9 Å². The molecule has 0 rings (SSSR count). The van der Waals surface area contributed by atoms with Crippen LogP contribution >= 0.6 is 0 Å². The topological polar surface area (TPSA) is 78.9 Å². The highest BCUT2D eigenvalue weighted by Crippen LogP contribution is 2.16. The summed E-state index contributed by atoms with van der Waals surface area (Å²) in [5, 5.41) is 0. The Balaban J connectivity index is 4.05. The standard InChI is InChI=1S/C46H88O6/c1-4-7-10-13-16-18-19-20-21-22-23-24-25-26-27-28-29-31-33-36-39-45(48)51-42-43(41-50-44(47)38-35-32-15-12-9-6-3)52-46(49)40-37-34-30-17-14-11-8-5-2/h43H,4-42H2,1-3H3. The van der Waals surface area contributed by atoms with Crippen LogP contribution in [0.3, 0.4) is 0 Å². The average Bonchev–Trinajstić information content (AvgIpc) is 3.14. The minimum atomic E-state index is -0.756. The molecule has 0 aromatic carbocycles. The summed E-state index contributed by atoms with van der Waals surface area (Å²) in [6.07, 6.45) is 42.7. The Bertz CT molecular complexity index is 768. The molecule has 52 heavy (non-hydrogen) atoms. The van der Waals surface area contributed by atoms with E-state index in [4.69, 9.17) is 14.2 Å². The predicted octanol–water partition coefficient (Wildman–Crippen LogP) is 14.5. The summed E-state index contributed by atoms with van der Waals surface area (Å²) in [5.74, 6) is -0.867. The Hall–Kier alpha value is -1.59. The molecule has 0 spiro atoms. The van der Waals surface area contributed by atoms with Crippen molar-refractivity contribution in [2.24, 2.45) is 0 Å².